The number of rotatable bonds is 4. The Morgan fingerprint density at radius 1 is 1.39 bits per heavy atom. The quantitative estimate of drug-likeness (QED) is 0.893. The van der Waals surface area contributed by atoms with Gasteiger partial charge in [0, 0.05) is 13.0 Å². The summed E-state index contributed by atoms with van der Waals surface area (Å²) in [5, 5.41) is 10.3. The molecule has 100 valence electrons. The summed E-state index contributed by atoms with van der Waals surface area (Å²) >= 11 is 0. The van der Waals surface area contributed by atoms with Crippen LogP contribution in [0.15, 0.2) is 12.1 Å². The van der Waals surface area contributed by atoms with Crippen LogP contribution in [0.2, 0.25) is 0 Å². The molecule has 2 unspecified atom stereocenters. The molecule has 0 spiro atoms. The van der Waals surface area contributed by atoms with Gasteiger partial charge in [-0.3, -0.25) is 0 Å². The van der Waals surface area contributed by atoms with Gasteiger partial charge in [0.05, 0.1) is 19.3 Å². The maximum atomic E-state index is 10.3. The molecule has 1 N–H and O–H groups in total. The molecule has 1 aliphatic rings. The fourth-order valence-electron chi connectivity index (χ4n) is 2.71. The van der Waals surface area contributed by atoms with Crippen LogP contribution in [0.4, 0.5) is 0 Å². The van der Waals surface area contributed by atoms with E-state index in [2.05, 4.69) is 0 Å². The molecule has 3 heteroatoms. The van der Waals surface area contributed by atoms with Crippen molar-refractivity contribution < 1.29 is 14.6 Å². The highest BCUT2D eigenvalue weighted by Gasteiger charge is 2.21. The molecular weight excluding hydrogens is 228 g/mol. The SMILES string of the molecule is COc1c(C)cc(C(O)CC2CCCO2)cc1C. The van der Waals surface area contributed by atoms with Crippen LogP contribution >= 0.6 is 0 Å². The standard InChI is InChI=1S/C15H22O3/c1-10-7-12(8-11(2)15(10)17-3)14(16)9-13-5-4-6-18-13/h7-8,13-14,16H,4-6,9H2,1-3H3. The van der Waals surface area contributed by atoms with E-state index < -0.39 is 6.10 Å². The monoisotopic (exact) mass is 250 g/mol. The van der Waals surface area contributed by atoms with Crippen molar-refractivity contribution in [1.82, 2.24) is 0 Å². The second-order valence-corrected chi connectivity index (χ2v) is 5.07. The Kier molecular flexibility index (Phi) is 4.25. The van der Waals surface area contributed by atoms with Gasteiger partial charge in [0.1, 0.15) is 5.75 Å². The van der Waals surface area contributed by atoms with Crippen LogP contribution in [0.1, 0.15) is 42.1 Å². The van der Waals surface area contributed by atoms with Gasteiger partial charge in [-0.05, 0) is 55.5 Å². The van der Waals surface area contributed by atoms with Crippen molar-refractivity contribution >= 4 is 0 Å². The third kappa shape index (κ3) is 2.85. The summed E-state index contributed by atoms with van der Waals surface area (Å²) in [4.78, 5) is 0. The highest BCUT2D eigenvalue weighted by Crippen LogP contribution is 2.30. The van der Waals surface area contributed by atoms with E-state index >= 15 is 0 Å². The van der Waals surface area contributed by atoms with Gasteiger partial charge in [0.15, 0.2) is 0 Å². The Hall–Kier alpha value is -1.06. The Bertz CT molecular complexity index is 385. The summed E-state index contributed by atoms with van der Waals surface area (Å²) in [5.74, 6) is 0.906. The number of benzene rings is 1. The zero-order valence-corrected chi connectivity index (χ0v) is 11.4. The predicted octanol–water partition coefficient (Wildman–Crippen LogP) is 2.91. The van der Waals surface area contributed by atoms with Gasteiger partial charge in [0.25, 0.3) is 0 Å². The van der Waals surface area contributed by atoms with E-state index in [1.54, 1.807) is 7.11 Å². The molecule has 1 saturated heterocycles. The Labute approximate surface area is 109 Å². The highest BCUT2D eigenvalue weighted by molar-refractivity contribution is 5.43. The third-order valence-corrected chi connectivity index (χ3v) is 3.58. The summed E-state index contributed by atoms with van der Waals surface area (Å²) in [7, 11) is 1.68. The molecule has 2 atom stereocenters. The molecule has 1 heterocycles. The lowest BCUT2D eigenvalue weighted by atomic mass is 9.97. The van der Waals surface area contributed by atoms with E-state index in [0.29, 0.717) is 6.42 Å². The van der Waals surface area contributed by atoms with Crippen molar-refractivity contribution in [3.05, 3.63) is 28.8 Å². The molecule has 0 amide bonds. The second kappa shape index (κ2) is 5.72. The molecule has 3 nitrogen and oxygen atoms in total. The number of aliphatic hydroxyl groups is 1. The molecule has 1 aromatic carbocycles. The van der Waals surface area contributed by atoms with E-state index in [9.17, 15) is 5.11 Å². The minimum atomic E-state index is -0.448. The molecule has 18 heavy (non-hydrogen) atoms. The third-order valence-electron chi connectivity index (χ3n) is 3.58. The zero-order valence-electron chi connectivity index (χ0n) is 11.4. The molecule has 0 aromatic heterocycles. The van der Waals surface area contributed by atoms with E-state index in [0.717, 1.165) is 41.9 Å². The van der Waals surface area contributed by atoms with Gasteiger partial charge in [-0.2, -0.15) is 0 Å². The van der Waals surface area contributed by atoms with Crippen LogP contribution in [-0.2, 0) is 4.74 Å². The first kappa shape index (κ1) is 13.4. The van der Waals surface area contributed by atoms with Crippen LogP contribution in [0, 0.1) is 13.8 Å². The lowest BCUT2D eigenvalue weighted by Crippen LogP contribution is -2.11. The molecule has 0 aliphatic carbocycles. The molecule has 0 bridgehead atoms. The minimum Gasteiger partial charge on any atom is -0.496 e. The predicted molar refractivity (Wildman–Crippen MR) is 71.0 cm³/mol. The molecule has 1 aliphatic heterocycles. The Morgan fingerprint density at radius 2 is 2.06 bits per heavy atom. The number of ether oxygens (including phenoxy) is 2. The summed E-state index contributed by atoms with van der Waals surface area (Å²) in [6.45, 7) is 4.85. The maximum Gasteiger partial charge on any atom is 0.124 e. The van der Waals surface area contributed by atoms with Crippen molar-refractivity contribution in [3.63, 3.8) is 0 Å². The fourth-order valence-corrected chi connectivity index (χ4v) is 2.71. The lowest BCUT2D eigenvalue weighted by Gasteiger charge is -2.18. The van der Waals surface area contributed by atoms with E-state index in [4.69, 9.17) is 9.47 Å². The van der Waals surface area contributed by atoms with Crippen LogP contribution in [-0.4, -0.2) is 24.9 Å². The van der Waals surface area contributed by atoms with Crippen LogP contribution in [0.3, 0.4) is 0 Å². The average molecular weight is 250 g/mol. The lowest BCUT2D eigenvalue weighted by molar-refractivity contribution is 0.0534. The normalized spacial score (nSPS) is 21.0. The van der Waals surface area contributed by atoms with E-state index in [-0.39, 0.29) is 6.10 Å². The van der Waals surface area contributed by atoms with Crippen molar-refractivity contribution in [3.8, 4) is 5.75 Å². The number of methoxy groups -OCH3 is 1. The minimum absolute atomic E-state index is 0.211. The summed E-state index contributed by atoms with van der Waals surface area (Å²) in [5.41, 5.74) is 3.10. The second-order valence-electron chi connectivity index (χ2n) is 5.07. The molecule has 1 fully saturated rings. The van der Waals surface area contributed by atoms with E-state index in [1.807, 2.05) is 26.0 Å². The Balaban J connectivity index is 2.12. The fraction of sp³-hybridized carbons (Fsp3) is 0.600. The van der Waals surface area contributed by atoms with E-state index in [1.165, 1.54) is 0 Å². The number of hydrogen-bond donors (Lipinski definition) is 1. The average Bonchev–Trinajstić information content (AvgIpc) is 2.81. The van der Waals surface area contributed by atoms with Gasteiger partial charge in [-0.1, -0.05) is 0 Å². The van der Waals surface area contributed by atoms with Crippen molar-refractivity contribution in [2.24, 2.45) is 0 Å². The maximum absolute atomic E-state index is 10.3. The zero-order chi connectivity index (χ0) is 13.1. The number of aliphatic hydroxyl groups excluding tert-OH is 1. The van der Waals surface area contributed by atoms with Gasteiger partial charge in [-0.15, -0.1) is 0 Å². The van der Waals surface area contributed by atoms with Gasteiger partial charge in [-0.25, -0.2) is 0 Å². The summed E-state index contributed by atoms with van der Waals surface area (Å²) in [6, 6.07) is 4.01. The molecule has 0 radical (unpaired) electrons. The first-order chi connectivity index (χ1) is 8.61. The molecule has 2 rings (SSSR count). The largest absolute Gasteiger partial charge is 0.496 e. The highest BCUT2D eigenvalue weighted by atomic mass is 16.5. The van der Waals surface area contributed by atoms with Gasteiger partial charge >= 0.3 is 0 Å². The number of aryl methyl sites for hydroxylation is 2. The van der Waals surface area contributed by atoms with Gasteiger partial charge < -0.3 is 14.6 Å². The van der Waals surface area contributed by atoms with Crippen LogP contribution in [0.25, 0.3) is 0 Å². The van der Waals surface area contributed by atoms with Gasteiger partial charge in [0.2, 0.25) is 0 Å². The smallest absolute Gasteiger partial charge is 0.124 e. The summed E-state index contributed by atoms with van der Waals surface area (Å²) in [6.07, 6.45) is 2.62. The van der Waals surface area contributed by atoms with Crippen molar-refractivity contribution in [2.75, 3.05) is 13.7 Å². The van der Waals surface area contributed by atoms with Crippen LogP contribution in [0.5, 0.6) is 5.75 Å². The van der Waals surface area contributed by atoms with Crippen LogP contribution < -0.4 is 4.74 Å². The molecule has 1 aromatic rings. The Morgan fingerprint density at radius 3 is 2.56 bits per heavy atom. The molecular formula is C15H22O3. The van der Waals surface area contributed by atoms with Crippen molar-refractivity contribution in [2.45, 2.75) is 45.3 Å². The summed E-state index contributed by atoms with van der Waals surface area (Å²) < 4.78 is 10.9. The number of hydrogen-bond acceptors (Lipinski definition) is 3. The first-order valence-corrected chi connectivity index (χ1v) is 6.56. The molecule has 0 saturated carbocycles. The topological polar surface area (TPSA) is 38.7 Å². The van der Waals surface area contributed by atoms with Crippen molar-refractivity contribution in [1.29, 1.82) is 0 Å². The first-order valence-electron chi connectivity index (χ1n) is 6.56.